The van der Waals surface area contributed by atoms with Crippen LogP contribution in [-0.4, -0.2) is 37.6 Å². The van der Waals surface area contributed by atoms with Gasteiger partial charge in [0.1, 0.15) is 12.4 Å². The highest BCUT2D eigenvalue weighted by molar-refractivity contribution is 9.10. The Bertz CT molecular complexity index is 724. The number of halogens is 1. The molecule has 0 aliphatic carbocycles. The molecule has 2 rings (SSSR count). The predicted molar refractivity (Wildman–Crippen MR) is 102 cm³/mol. The Morgan fingerprint density at radius 3 is 2.52 bits per heavy atom. The van der Waals surface area contributed by atoms with Gasteiger partial charge in [-0.05, 0) is 49.0 Å². The Labute approximate surface area is 156 Å². The number of anilines is 1. The van der Waals surface area contributed by atoms with Crippen LogP contribution in [0, 0.1) is 11.3 Å². The summed E-state index contributed by atoms with van der Waals surface area (Å²) in [6.45, 7) is 1.43. The van der Waals surface area contributed by atoms with Gasteiger partial charge in [-0.25, -0.2) is 0 Å². The fourth-order valence-electron chi connectivity index (χ4n) is 2.17. The normalized spacial score (nSPS) is 10.3. The van der Waals surface area contributed by atoms with E-state index in [1.54, 1.807) is 12.1 Å². The van der Waals surface area contributed by atoms with Gasteiger partial charge in [0.05, 0.1) is 19.0 Å². The quantitative estimate of drug-likeness (QED) is 0.735. The first-order valence-electron chi connectivity index (χ1n) is 7.89. The topological polar surface area (TPSA) is 65.4 Å². The molecule has 130 valence electrons. The van der Waals surface area contributed by atoms with Gasteiger partial charge >= 0.3 is 0 Å². The third-order valence-corrected chi connectivity index (χ3v) is 4.02. The number of likely N-dealkylation sites (N-methyl/N-ethyl adjacent to an activating group) is 1. The number of rotatable bonds is 8. The van der Waals surface area contributed by atoms with Gasteiger partial charge in [-0.2, -0.15) is 5.26 Å². The van der Waals surface area contributed by atoms with E-state index in [1.807, 2.05) is 48.3 Å². The molecule has 0 spiro atoms. The average Bonchev–Trinajstić information content (AvgIpc) is 2.58. The van der Waals surface area contributed by atoms with Crippen molar-refractivity contribution in [3.05, 3.63) is 58.6 Å². The van der Waals surface area contributed by atoms with Crippen LogP contribution in [0.4, 0.5) is 5.69 Å². The van der Waals surface area contributed by atoms with E-state index in [0.717, 1.165) is 21.5 Å². The summed E-state index contributed by atoms with van der Waals surface area (Å²) >= 11 is 3.38. The molecule has 0 radical (unpaired) electrons. The first-order valence-corrected chi connectivity index (χ1v) is 8.69. The molecular weight excluding hydrogens is 382 g/mol. The van der Waals surface area contributed by atoms with E-state index in [-0.39, 0.29) is 12.5 Å². The van der Waals surface area contributed by atoms with Gasteiger partial charge in [0.15, 0.2) is 0 Å². The van der Waals surface area contributed by atoms with Crippen LogP contribution in [0.15, 0.2) is 53.0 Å². The van der Waals surface area contributed by atoms with Crippen molar-refractivity contribution in [2.24, 2.45) is 0 Å². The minimum absolute atomic E-state index is 0.0841. The fraction of sp³-hybridized carbons (Fsp3) is 0.263. The SMILES string of the molecule is CN(CCOc1ccc(Br)cc1)CC(=O)Nc1ccc(CC#N)cc1. The molecule has 1 amide bonds. The summed E-state index contributed by atoms with van der Waals surface area (Å²) in [5, 5.41) is 11.5. The molecule has 0 saturated carbocycles. The number of nitrogens with zero attached hydrogens (tertiary/aromatic N) is 2. The van der Waals surface area contributed by atoms with Gasteiger partial charge < -0.3 is 10.1 Å². The van der Waals surface area contributed by atoms with Gasteiger partial charge in [0.2, 0.25) is 5.91 Å². The number of carbonyl (C=O) groups is 1. The zero-order chi connectivity index (χ0) is 18.1. The number of ether oxygens (including phenoxy) is 1. The Kier molecular flexibility index (Phi) is 7.45. The van der Waals surface area contributed by atoms with Crippen molar-refractivity contribution in [3.8, 4) is 11.8 Å². The Hall–Kier alpha value is -2.36. The first-order chi connectivity index (χ1) is 12.1. The Morgan fingerprint density at radius 1 is 1.20 bits per heavy atom. The average molecular weight is 402 g/mol. The van der Waals surface area contributed by atoms with Crippen LogP contribution in [-0.2, 0) is 11.2 Å². The zero-order valence-electron chi connectivity index (χ0n) is 14.0. The van der Waals surface area contributed by atoms with Gasteiger partial charge in [0.25, 0.3) is 0 Å². The first kappa shape index (κ1) is 19.0. The van der Waals surface area contributed by atoms with Crippen LogP contribution in [0.5, 0.6) is 5.75 Å². The van der Waals surface area contributed by atoms with Crippen LogP contribution >= 0.6 is 15.9 Å². The van der Waals surface area contributed by atoms with E-state index >= 15 is 0 Å². The number of amides is 1. The second-order valence-corrected chi connectivity index (χ2v) is 6.54. The second-order valence-electron chi connectivity index (χ2n) is 5.62. The third-order valence-electron chi connectivity index (χ3n) is 3.49. The highest BCUT2D eigenvalue weighted by atomic mass is 79.9. The van der Waals surface area contributed by atoms with Crippen LogP contribution in [0.3, 0.4) is 0 Å². The summed E-state index contributed by atoms with van der Waals surface area (Å²) in [6.07, 6.45) is 0.370. The van der Waals surface area contributed by atoms with Crippen molar-refractivity contribution in [3.63, 3.8) is 0 Å². The fourth-order valence-corrected chi connectivity index (χ4v) is 2.44. The Morgan fingerprint density at radius 2 is 1.88 bits per heavy atom. The molecule has 0 fully saturated rings. The molecule has 0 aliphatic rings. The van der Waals surface area contributed by atoms with E-state index in [1.165, 1.54) is 0 Å². The van der Waals surface area contributed by atoms with Crippen LogP contribution in [0.2, 0.25) is 0 Å². The maximum atomic E-state index is 12.1. The molecule has 0 unspecified atom stereocenters. The Balaban J connectivity index is 1.70. The van der Waals surface area contributed by atoms with Crippen LogP contribution in [0.1, 0.15) is 5.56 Å². The van der Waals surface area contributed by atoms with Crippen LogP contribution in [0.25, 0.3) is 0 Å². The number of nitriles is 1. The molecule has 2 aromatic rings. The van der Waals surface area contributed by atoms with Crippen molar-refractivity contribution in [1.82, 2.24) is 4.90 Å². The van der Waals surface area contributed by atoms with E-state index in [9.17, 15) is 4.79 Å². The zero-order valence-corrected chi connectivity index (χ0v) is 15.6. The molecule has 25 heavy (non-hydrogen) atoms. The summed E-state index contributed by atoms with van der Waals surface area (Å²) in [4.78, 5) is 14.0. The number of hydrogen-bond acceptors (Lipinski definition) is 4. The maximum absolute atomic E-state index is 12.1. The molecule has 0 saturated heterocycles. The number of nitrogens with one attached hydrogen (secondary N) is 1. The summed E-state index contributed by atoms with van der Waals surface area (Å²) in [7, 11) is 1.88. The van der Waals surface area contributed by atoms with Crippen molar-refractivity contribution < 1.29 is 9.53 Å². The van der Waals surface area contributed by atoms with Gasteiger partial charge in [-0.1, -0.05) is 28.1 Å². The van der Waals surface area contributed by atoms with E-state index in [4.69, 9.17) is 10.00 Å². The van der Waals surface area contributed by atoms with E-state index < -0.39 is 0 Å². The standard InChI is InChI=1S/C19H20BrN3O2/c1-23(12-13-25-18-8-4-16(20)5-9-18)14-19(24)22-17-6-2-15(3-7-17)10-11-21/h2-9H,10,12-14H2,1H3,(H,22,24). The molecule has 0 aliphatic heterocycles. The second kappa shape index (κ2) is 9.82. The van der Waals surface area contributed by atoms with E-state index in [2.05, 4.69) is 27.3 Å². The molecule has 6 heteroatoms. The highest BCUT2D eigenvalue weighted by Crippen LogP contribution is 2.16. The van der Waals surface area contributed by atoms with Crippen molar-refractivity contribution in [2.45, 2.75) is 6.42 Å². The van der Waals surface area contributed by atoms with Crippen molar-refractivity contribution in [2.75, 3.05) is 32.1 Å². The molecule has 1 N–H and O–H groups in total. The number of hydrogen-bond donors (Lipinski definition) is 1. The van der Waals surface area contributed by atoms with Gasteiger partial charge in [-0.3, -0.25) is 9.69 Å². The lowest BCUT2D eigenvalue weighted by molar-refractivity contribution is -0.117. The van der Waals surface area contributed by atoms with Gasteiger partial charge in [-0.15, -0.1) is 0 Å². The van der Waals surface area contributed by atoms with Gasteiger partial charge in [0, 0.05) is 16.7 Å². The number of carbonyl (C=O) groups excluding carboxylic acids is 1. The van der Waals surface area contributed by atoms with Crippen LogP contribution < -0.4 is 10.1 Å². The highest BCUT2D eigenvalue weighted by Gasteiger charge is 2.07. The lowest BCUT2D eigenvalue weighted by Crippen LogP contribution is -2.33. The summed E-state index contributed by atoms with van der Waals surface area (Å²) in [6, 6.07) is 17.0. The summed E-state index contributed by atoms with van der Waals surface area (Å²) < 4.78 is 6.66. The lowest BCUT2D eigenvalue weighted by Gasteiger charge is -2.16. The predicted octanol–water partition coefficient (Wildman–Crippen LogP) is 3.46. The van der Waals surface area contributed by atoms with E-state index in [0.29, 0.717) is 19.6 Å². The molecule has 2 aromatic carbocycles. The largest absolute Gasteiger partial charge is 0.492 e. The third kappa shape index (κ3) is 6.96. The maximum Gasteiger partial charge on any atom is 0.238 e. The van der Waals surface area contributed by atoms with Crippen molar-refractivity contribution >= 4 is 27.5 Å². The molecule has 0 bridgehead atoms. The summed E-state index contributed by atoms with van der Waals surface area (Å²) in [5.74, 6) is 0.720. The summed E-state index contributed by atoms with van der Waals surface area (Å²) in [5.41, 5.74) is 1.66. The lowest BCUT2D eigenvalue weighted by atomic mass is 10.1. The molecular formula is C19H20BrN3O2. The molecule has 0 heterocycles. The number of benzene rings is 2. The minimum atomic E-state index is -0.0841. The molecule has 5 nitrogen and oxygen atoms in total. The monoisotopic (exact) mass is 401 g/mol. The minimum Gasteiger partial charge on any atom is -0.492 e. The van der Waals surface area contributed by atoms with Crippen molar-refractivity contribution in [1.29, 1.82) is 5.26 Å². The smallest absolute Gasteiger partial charge is 0.238 e. The molecule has 0 aromatic heterocycles. The molecule has 0 atom stereocenters.